The van der Waals surface area contributed by atoms with E-state index in [4.69, 9.17) is 5.11 Å². The number of hydrogen-bond donors (Lipinski definition) is 2. The van der Waals surface area contributed by atoms with Crippen molar-refractivity contribution in [3.8, 4) is 0 Å². The number of aromatic nitrogens is 1. The minimum atomic E-state index is -0.931. The molecule has 2 N–H and O–H groups in total. The van der Waals surface area contributed by atoms with Crippen LogP contribution in [-0.2, 0) is 6.42 Å². The Labute approximate surface area is 117 Å². The lowest BCUT2D eigenvalue weighted by Crippen LogP contribution is -2.06. The quantitative estimate of drug-likeness (QED) is 0.885. The van der Waals surface area contributed by atoms with Crippen LogP contribution in [0, 0.1) is 0 Å². The van der Waals surface area contributed by atoms with Crippen LogP contribution in [-0.4, -0.2) is 22.6 Å². The smallest absolute Gasteiger partial charge is 0.335 e. The lowest BCUT2D eigenvalue weighted by molar-refractivity contribution is 0.0697. The average Bonchev–Trinajstić information content (AvgIpc) is 2.81. The Bertz CT molecular complexity index is 543. The number of benzene rings is 1. The number of thiazole rings is 1. The first-order valence-electron chi connectivity index (χ1n) is 5.31. The SMILES string of the molecule is O=C(O)c1cc(Br)cc(NCCc2nccs2)c1. The molecule has 94 valence electrons. The van der Waals surface area contributed by atoms with Gasteiger partial charge in [0, 0.05) is 34.7 Å². The molecule has 0 saturated carbocycles. The Balaban J connectivity index is 1.98. The number of carbonyl (C=O) groups is 1. The third kappa shape index (κ3) is 3.54. The minimum Gasteiger partial charge on any atom is -0.478 e. The van der Waals surface area contributed by atoms with Crippen molar-refractivity contribution >= 4 is 38.9 Å². The van der Waals surface area contributed by atoms with Gasteiger partial charge in [-0.25, -0.2) is 9.78 Å². The van der Waals surface area contributed by atoms with Gasteiger partial charge in [-0.15, -0.1) is 11.3 Å². The van der Waals surface area contributed by atoms with Crippen LogP contribution in [0.1, 0.15) is 15.4 Å². The van der Waals surface area contributed by atoms with Gasteiger partial charge in [0.1, 0.15) is 0 Å². The third-order valence-corrected chi connectivity index (χ3v) is 3.59. The maximum atomic E-state index is 10.9. The molecule has 6 heteroatoms. The second kappa shape index (κ2) is 5.97. The summed E-state index contributed by atoms with van der Waals surface area (Å²) in [6.07, 6.45) is 2.61. The number of anilines is 1. The van der Waals surface area contributed by atoms with Gasteiger partial charge in [0.05, 0.1) is 10.6 Å². The predicted octanol–water partition coefficient (Wildman–Crippen LogP) is 3.26. The minimum absolute atomic E-state index is 0.265. The highest BCUT2D eigenvalue weighted by Gasteiger charge is 2.05. The molecule has 0 amide bonds. The van der Waals surface area contributed by atoms with Crippen molar-refractivity contribution in [2.75, 3.05) is 11.9 Å². The topological polar surface area (TPSA) is 62.2 Å². The molecule has 0 radical (unpaired) electrons. The predicted molar refractivity (Wildman–Crippen MR) is 75.4 cm³/mol. The summed E-state index contributed by atoms with van der Waals surface area (Å²) in [5.74, 6) is -0.931. The van der Waals surface area contributed by atoms with Gasteiger partial charge < -0.3 is 10.4 Å². The van der Waals surface area contributed by atoms with Gasteiger partial charge >= 0.3 is 5.97 Å². The molecule has 18 heavy (non-hydrogen) atoms. The lowest BCUT2D eigenvalue weighted by Gasteiger charge is -2.07. The molecule has 0 unspecified atom stereocenters. The third-order valence-electron chi connectivity index (χ3n) is 2.30. The number of nitrogens with zero attached hydrogens (tertiary/aromatic N) is 1. The lowest BCUT2D eigenvalue weighted by atomic mass is 10.2. The van der Waals surface area contributed by atoms with Gasteiger partial charge in [-0.05, 0) is 18.2 Å². The van der Waals surface area contributed by atoms with Gasteiger partial charge in [0.15, 0.2) is 0 Å². The molecular weight excluding hydrogens is 316 g/mol. The fourth-order valence-electron chi connectivity index (χ4n) is 1.51. The number of carboxylic acids is 1. The summed E-state index contributed by atoms with van der Waals surface area (Å²) in [7, 11) is 0. The van der Waals surface area contributed by atoms with Crippen LogP contribution in [0.2, 0.25) is 0 Å². The number of rotatable bonds is 5. The number of carboxylic acid groups (broad SMARTS) is 1. The maximum absolute atomic E-state index is 10.9. The van der Waals surface area contributed by atoms with Crippen molar-refractivity contribution in [3.05, 3.63) is 44.8 Å². The average molecular weight is 327 g/mol. The van der Waals surface area contributed by atoms with Crippen LogP contribution in [0.3, 0.4) is 0 Å². The summed E-state index contributed by atoms with van der Waals surface area (Å²) < 4.78 is 0.749. The van der Waals surface area contributed by atoms with Crippen LogP contribution >= 0.6 is 27.3 Å². The fraction of sp³-hybridized carbons (Fsp3) is 0.167. The second-order valence-electron chi connectivity index (χ2n) is 3.64. The number of aromatic carboxylic acids is 1. The Kier molecular flexibility index (Phi) is 4.33. The molecule has 0 fully saturated rings. The van der Waals surface area contributed by atoms with E-state index >= 15 is 0 Å². The summed E-state index contributed by atoms with van der Waals surface area (Å²) in [4.78, 5) is 15.1. The maximum Gasteiger partial charge on any atom is 0.335 e. The highest BCUT2D eigenvalue weighted by Crippen LogP contribution is 2.19. The van der Waals surface area contributed by atoms with Crippen molar-refractivity contribution in [1.82, 2.24) is 4.98 Å². The van der Waals surface area contributed by atoms with Gasteiger partial charge in [-0.2, -0.15) is 0 Å². The standard InChI is InChI=1S/C12H11BrN2O2S/c13-9-5-8(12(16)17)6-10(7-9)14-2-1-11-15-3-4-18-11/h3-7,14H,1-2H2,(H,16,17). The zero-order valence-electron chi connectivity index (χ0n) is 9.39. The molecule has 2 aromatic rings. The zero-order valence-corrected chi connectivity index (χ0v) is 11.8. The molecule has 0 spiro atoms. The zero-order chi connectivity index (χ0) is 13.0. The van der Waals surface area contributed by atoms with Crippen molar-refractivity contribution in [1.29, 1.82) is 0 Å². The van der Waals surface area contributed by atoms with E-state index < -0.39 is 5.97 Å². The largest absolute Gasteiger partial charge is 0.478 e. The molecule has 0 aliphatic rings. The highest BCUT2D eigenvalue weighted by atomic mass is 79.9. The van der Waals surface area contributed by atoms with Gasteiger partial charge in [-0.1, -0.05) is 15.9 Å². The summed E-state index contributed by atoms with van der Waals surface area (Å²) in [6, 6.07) is 5.05. The van der Waals surface area contributed by atoms with Crippen LogP contribution in [0.4, 0.5) is 5.69 Å². The Morgan fingerprint density at radius 3 is 2.94 bits per heavy atom. The number of halogens is 1. The van der Waals surface area contributed by atoms with E-state index in [0.29, 0.717) is 0 Å². The van der Waals surface area contributed by atoms with E-state index in [2.05, 4.69) is 26.2 Å². The van der Waals surface area contributed by atoms with Crippen molar-refractivity contribution in [2.45, 2.75) is 6.42 Å². The first-order valence-corrected chi connectivity index (χ1v) is 6.98. The van der Waals surface area contributed by atoms with Gasteiger partial charge in [0.25, 0.3) is 0 Å². The Morgan fingerprint density at radius 2 is 2.28 bits per heavy atom. The Hall–Kier alpha value is -1.40. The summed E-state index contributed by atoms with van der Waals surface area (Å²) >= 11 is 4.91. The van der Waals surface area contributed by atoms with E-state index in [-0.39, 0.29) is 5.56 Å². The first-order chi connectivity index (χ1) is 8.65. The van der Waals surface area contributed by atoms with Gasteiger partial charge in [0.2, 0.25) is 0 Å². The van der Waals surface area contributed by atoms with E-state index in [1.807, 2.05) is 11.4 Å². The van der Waals surface area contributed by atoms with Crippen LogP contribution in [0.15, 0.2) is 34.2 Å². The van der Waals surface area contributed by atoms with Crippen LogP contribution < -0.4 is 5.32 Å². The van der Waals surface area contributed by atoms with E-state index in [1.54, 1.807) is 29.7 Å². The molecule has 1 heterocycles. The van der Waals surface area contributed by atoms with Crippen LogP contribution in [0.5, 0.6) is 0 Å². The monoisotopic (exact) mass is 326 g/mol. The normalized spacial score (nSPS) is 10.3. The molecule has 0 aliphatic carbocycles. The van der Waals surface area contributed by atoms with Crippen molar-refractivity contribution < 1.29 is 9.90 Å². The molecule has 2 rings (SSSR count). The summed E-state index contributed by atoms with van der Waals surface area (Å²) in [5.41, 5.74) is 1.06. The van der Waals surface area contributed by atoms with Gasteiger partial charge in [-0.3, -0.25) is 0 Å². The van der Waals surface area contributed by atoms with E-state index in [9.17, 15) is 4.79 Å². The first kappa shape index (κ1) is 13.0. The van der Waals surface area contributed by atoms with Crippen molar-refractivity contribution in [2.24, 2.45) is 0 Å². The molecule has 0 bridgehead atoms. The molecule has 4 nitrogen and oxygen atoms in total. The fourth-order valence-corrected chi connectivity index (χ4v) is 2.62. The van der Waals surface area contributed by atoms with E-state index in [0.717, 1.165) is 28.1 Å². The molecule has 0 atom stereocenters. The molecule has 1 aromatic carbocycles. The van der Waals surface area contributed by atoms with E-state index in [1.165, 1.54) is 0 Å². The summed E-state index contributed by atoms with van der Waals surface area (Å²) in [5, 5.41) is 15.2. The van der Waals surface area contributed by atoms with Crippen molar-refractivity contribution in [3.63, 3.8) is 0 Å². The molecule has 0 saturated heterocycles. The number of nitrogens with one attached hydrogen (secondary N) is 1. The van der Waals surface area contributed by atoms with Crippen LogP contribution in [0.25, 0.3) is 0 Å². The summed E-state index contributed by atoms with van der Waals surface area (Å²) in [6.45, 7) is 0.725. The molecular formula is C12H11BrN2O2S. The Morgan fingerprint density at radius 1 is 1.44 bits per heavy atom. The molecule has 1 aromatic heterocycles. The number of hydrogen-bond acceptors (Lipinski definition) is 4. The second-order valence-corrected chi connectivity index (χ2v) is 5.53. The molecule has 0 aliphatic heterocycles. The highest BCUT2D eigenvalue weighted by molar-refractivity contribution is 9.10.